The summed E-state index contributed by atoms with van der Waals surface area (Å²) < 4.78 is 0. The Hall–Kier alpha value is 0.480. The molecule has 1 fully saturated rings. The van der Waals surface area contributed by atoms with E-state index < -0.39 is 0 Å². The molecule has 0 heterocycles. The summed E-state index contributed by atoms with van der Waals surface area (Å²) in [6, 6.07) is 0. The molecular formula is C7H13Br. The molecule has 1 heteroatoms. The third-order valence-corrected chi connectivity index (χ3v) is 2.80. The van der Waals surface area contributed by atoms with Crippen molar-refractivity contribution in [1.29, 1.82) is 0 Å². The smallest absolute Gasteiger partial charge is 0.0145 e. The Labute approximate surface area is 59.8 Å². The van der Waals surface area contributed by atoms with Gasteiger partial charge in [0.15, 0.2) is 0 Å². The van der Waals surface area contributed by atoms with Crippen molar-refractivity contribution < 1.29 is 0 Å². The van der Waals surface area contributed by atoms with Gasteiger partial charge in [0, 0.05) is 4.83 Å². The van der Waals surface area contributed by atoms with Crippen molar-refractivity contribution in [2.24, 2.45) is 5.92 Å². The fourth-order valence-corrected chi connectivity index (χ4v) is 1.95. The Kier molecular flexibility index (Phi) is 2.36. The van der Waals surface area contributed by atoms with Gasteiger partial charge < -0.3 is 0 Å². The Balaban J connectivity index is 2.24. The predicted octanol–water partition coefficient (Wildman–Crippen LogP) is 2.96. The van der Waals surface area contributed by atoms with Crippen molar-refractivity contribution in [3.05, 3.63) is 0 Å². The Morgan fingerprint density at radius 3 is 2.12 bits per heavy atom. The van der Waals surface area contributed by atoms with Crippen LogP contribution in [0.4, 0.5) is 0 Å². The number of alkyl halides is 1. The van der Waals surface area contributed by atoms with E-state index >= 15 is 0 Å². The average molecular weight is 177 g/mol. The van der Waals surface area contributed by atoms with Crippen LogP contribution in [-0.2, 0) is 0 Å². The molecule has 0 N–H and O–H groups in total. The van der Waals surface area contributed by atoms with Crippen LogP contribution in [0.15, 0.2) is 0 Å². The zero-order chi connectivity index (χ0) is 5.98. The summed E-state index contributed by atoms with van der Waals surface area (Å²) >= 11 is 3.60. The Morgan fingerprint density at radius 2 is 1.88 bits per heavy atom. The van der Waals surface area contributed by atoms with Crippen molar-refractivity contribution in [2.45, 2.75) is 37.4 Å². The van der Waals surface area contributed by atoms with Crippen molar-refractivity contribution in [3.8, 4) is 0 Å². The maximum atomic E-state index is 3.60. The highest BCUT2D eigenvalue weighted by Crippen LogP contribution is 2.30. The van der Waals surface area contributed by atoms with E-state index in [0.717, 1.165) is 10.7 Å². The second-order valence-corrected chi connectivity index (χ2v) is 4.17. The molecule has 0 spiro atoms. The summed E-state index contributed by atoms with van der Waals surface area (Å²) in [5, 5.41) is 0. The molecule has 0 amide bonds. The first-order chi connectivity index (χ1) is 3.80. The van der Waals surface area contributed by atoms with Crippen molar-refractivity contribution in [2.75, 3.05) is 0 Å². The topological polar surface area (TPSA) is 0 Å². The van der Waals surface area contributed by atoms with Gasteiger partial charge in [-0.15, -0.1) is 0 Å². The van der Waals surface area contributed by atoms with Gasteiger partial charge in [-0.25, -0.2) is 0 Å². The molecule has 1 atom stereocenters. The number of hydrogen-bond acceptors (Lipinski definition) is 0. The molecule has 0 nitrogen and oxygen atoms in total. The molecule has 1 saturated carbocycles. The molecule has 48 valence electrons. The van der Waals surface area contributed by atoms with Gasteiger partial charge in [0.25, 0.3) is 0 Å². The molecule has 0 radical (unpaired) electrons. The fourth-order valence-electron chi connectivity index (χ4n) is 1.42. The maximum Gasteiger partial charge on any atom is 0.0145 e. The maximum absolute atomic E-state index is 3.60. The summed E-state index contributed by atoms with van der Waals surface area (Å²) in [5.74, 6) is 0.981. The summed E-state index contributed by atoms with van der Waals surface area (Å²) in [4.78, 5) is 0.755. The SMILES string of the molecule is C[C@@H](Br)C1CCCC1. The van der Waals surface area contributed by atoms with Gasteiger partial charge in [0.1, 0.15) is 0 Å². The van der Waals surface area contributed by atoms with Crippen molar-refractivity contribution >= 4 is 15.9 Å². The van der Waals surface area contributed by atoms with Crippen LogP contribution in [0.2, 0.25) is 0 Å². The standard InChI is InChI=1S/C7H13Br/c1-6(8)7-4-2-3-5-7/h6-7H,2-5H2,1H3/t6-/m1/s1. The quantitative estimate of drug-likeness (QED) is 0.540. The average Bonchev–Trinajstić information content (AvgIpc) is 2.12. The molecule has 1 rings (SSSR count). The third-order valence-electron chi connectivity index (χ3n) is 2.05. The van der Waals surface area contributed by atoms with Gasteiger partial charge in [0.2, 0.25) is 0 Å². The summed E-state index contributed by atoms with van der Waals surface area (Å²) in [6.45, 7) is 2.26. The molecule has 0 aliphatic heterocycles. The van der Waals surface area contributed by atoms with E-state index in [-0.39, 0.29) is 0 Å². The van der Waals surface area contributed by atoms with E-state index in [1.807, 2.05) is 0 Å². The molecule has 0 aromatic carbocycles. The summed E-state index contributed by atoms with van der Waals surface area (Å²) in [7, 11) is 0. The van der Waals surface area contributed by atoms with Gasteiger partial charge in [-0.2, -0.15) is 0 Å². The molecular weight excluding hydrogens is 164 g/mol. The van der Waals surface area contributed by atoms with E-state index in [1.54, 1.807) is 0 Å². The van der Waals surface area contributed by atoms with Gasteiger partial charge >= 0.3 is 0 Å². The third kappa shape index (κ3) is 1.48. The highest BCUT2D eigenvalue weighted by molar-refractivity contribution is 9.09. The van der Waals surface area contributed by atoms with Crippen LogP contribution in [0.25, 0.3) is 0 Å². The molecule has 0 unspecified atom stereocenters. The van der Waals surface area contributed by atoms with E-state index in [9.17, 15) is 0 Å². The predicted molar refractivity (Wildman–Crippen MR) is 40.3 cm³/mol. The van der Waals surface area contributed by atoms with Crippen LogP contribution in [0.5, 0.6) is 0 Å². The van der Waals surface area contributed by atoms with Crippen molar-refractivity contribution in [3.63, 3.8) is 0 Å². The zero-order valence-corrected chi connectivity index (χ0v) is 6.95. The summed E-state index contributed by atoms with van der Waals surface area (Å²) in [5.41, 5.74) is 0. The molecule has 0 aromatic heterocycles. The van der Waals surface area contributed by atoms with Gasteiger partial charge in [0.05, 0.1) is 0 Å². The zero-order valence-electron chi connectivity index (χ0n) is 5.36. The van der Waals surface area contributed by atoms with Gasteiger partial charge in [-0.3, -0.25) is 0 Å². The normalized spacial score (nSPS) is 26.2. The minimum absolute atomic E-state index is 0.755. The largest absolute Gasteiger partial charge is 0.0891 e. The molecule has 0 bridgehead atoms. The second kappa shape index (κ2) is 2.86. The van der Waals surface area contributed by atoms with E-state index in [2.05, 4.69) is 22.9 Å². The van der Waals surface area contributed by atoms with Crippen molar-refractivity contribution in [1.82, 2.24) is 0 Å². The highest BCUT2D eigenvalue weighted by atomic mass is 79.9. The van der Waals surface area contributed by atoms with Crippen LogP contribution in [0, 0.1) is 5.92 Å². The Morgan fingerprint density at radius 1 is 1.38 bits per heavy atom. The first-order valence-corrected chi connectivity index (χ1v) is 4.36. The van der Waals surface area contributed by atoms with E-state index in [4.69, 9.17) is 0 Å². The van der Waals surface area contributed by atoms with Gasteiger partial charge in [-0.05, 0) is 18.8 Å². The first kappa shape index (κ1) is 6.60. The van der Waals surface area contributed by atoms with Crippen LogP contribution < -0.4 is 0 Å². The molecule has 0 aromatic rings. The lowest BCUT2D eigenvalue weighted by molar-refractivity contribution is 0.550. The van der Waals surface area contributed by atoms with Crippen LogP contribution >= 0.6 is 15.9 Å². The van der Waals surface area contributed by atoms with Crippen LogP contribution in [-0.4, -0.2) is 4.83 Å². The molecule has 1 aliphatic rings. The second-order valence-electron chi connectivity index (χ2n) is 2.72. The lowest BCUT2D eigenvalue weighted by Gasteiger charge is -2.09. The van der Waals surface area contributed by atoms with E-state index in [0.29, 0.717) is 0 Å². The molecule has 1 aliphatic carbocycles. The van der Waals surface area contributed by atoms with E-state index in [1.165, 1.54) is 25.7 Å². The minimum atomic E-state index is 0.755. The highest BCUT2D eigenvalue weighted by Gasteiger charge is 2.18. The van der Waals surface area contributed by atoms with Crippen LogP contribution in [0.1, 0.15) is 32.6 Å². The first-order valence-electron chi connectivity index (χ1n) is 3.45. The Bertz CT molecular complexity index is 62.8. The number of halogens is 1. The summed E-state index contributed by atoms with van der Waals surface area (Å²) in [6.07, 6.45) is 5.82. The fraction of sp³-hybridized carbons (Fsp3) is 1.00. The molecule has 8 heavy (non-hydrogen) atoms. The lowest BCUT2D eigenvalue weighted by Crippen LogP contribution is -2.04. The monoisotopic (exact) mass is 176 g/mol. The lowest BCUT2D eigenvalue weighted by atomic mass is 10.1. The number of hydrogen-bond donors (Lipinski definition) is 0. The van der Waals surface area contributed by atoms with Gasteiger partial charge in [-0.1, -0.05) is 35.7 Å². The minimum Gasteiger partial charge on any atom is -0.0891 e. The van der Waals surface area contributed by atoms with Crippen LogP contribution in [0.3, 0.4) is 0 Å². The number of rotatable bonds is 1. The molecule has 0 saturated heterocycles.